The summed E-state index contributed by atoms with van der Waals surface area (Å²) >= 11 is 2.97. The van der Waals surface area contributed by atoms with Gasteiger partial charge in [-0.05, 0) is 48.4 Å². The Morgan fingerprint density at radius 1 is 1.16 bits per heavy atom. The Kier molecular flexibility index (Phi) is 6.74. The van der Waals surface area contributed by atoms with Gasteiger partial charge in [0.25, 0.3) is 0 Å². The number of aromatic nitrogens is 1. The molecule has 0 unspecified atom stereocenters. The number of amides is 1. The number of thiazole rings is 1. The zero-order valence-corrected chi connectivity index (χ0v) is 18.4. The normalized spacial score (nSPS) is 12.3. The Labute approximate surface area is 188 Å². The van der Waals surface area contributed by atoms with Gasteiger partial charge in [-0.2, -0.15) is 0 Å². The Bertz CT molecular complexity index is 1210. The molecule has 0 radical (unpaired) electrons. The number of nitrogens with one attached hydrogen (secondary N) is 1. The van der Waals surface area contributed by atoms with Gasteiger partial charge >= 0.3 is 0 Å². The molecule has 1 amide bonds. The Morgan fingerprint density at radius 2 is 1.94 bits per heavy atom. The molecule has 4 aromatic rings. The summed E-state index contributed by atoms with van der Waals surface area (Å²) in [5, 5.41) is 3.02. The van der Waals surface area contributed by atoms with E-state index in [1.807, 2.05) is 55.5 Å². The number of aliphatic imine (C=N–C) groups is 1. The molecule has 0 aliphatic heterocycles. The summed E-state index contributed by atoms with van der Waals surface area (Å²) in [5.74, 6) is 0.0219. The fourth-order valence-corrected chi connectivity index (χ4v) is 4.88. The van der Waals surface area contributed by atoms with Crippen LogP contribution in [0.2, 0.25) is 0 Å². The van der Waals surface area contributed by atoms with E-state index in [-0.39, 0.29) is 17.8 Å². The first-order valence-corrected chi connectivity index (χ1v) is 11.5. The average Bonchev–Trinajstić information content (AvgIpc) is 3.20. The maximum atomic E-state index is 13.0. The lowest BCUT2D eigenvalue weighted by Gasteiger charge is -2.13. The molecule has 1 atom stereocenters. The fourth-order valence-electron chi connectivity index (χ4n) is 2.97. The maximum absolute atomic E-state index is 13.0. The second-order valence-corrected chi connectivity index (χ2v) is 9.18. The molecule has 0 saturated carbocycles. The van der Waals surface area contributed by atoms with Crippen LogP contribution < -0.4 is 5.32 Å². The smallest absolute Gasteiger partial charge is 0.230 e. The second kappa shape index (κ2) is 9.85. The average molecular weight is 450 g/mol. The minimum Gasteiger partial charge on any atom is -0.349 e. The van der Waals surface area contributed by atoms with Crippen LogP contribution in [0.3, 0.4) is 0 Å². The van der Waals surface area contributed by atoms with E-state index in [2.05, 4.69) is 15.3 Å². The lowest BCUT2D eigenvalue weighted by atomic mass is 10.1. The number of rotatable bonds is 7. The summed E-state index contributed by atoms with van der Waals surface area (Å²) in [5.41, 5.74) is 3.59. The van der Waals surface area contributed by atoms with Crippen LogP contribution in [-0.2, 0) is 4.79 Å². The van der Waals surface area contributed by atoms with Crippen molar-refractivity contribution in [3.63, 3.8) is 0 Å². The summed E-state index contributed by atoms with van der Waals surface area (Å²) in [6.45, 7) is 1.98. The minimum absolute atomic E-state index is 0.0230. The van der Waals surface area contributed by atoms with Crippen molar-refractivity contribution in [2.24, 2.45) is 4.99 Å². The van der Waals surface area contributed by atoms with Crippen LogP contribution in [0.1, 0.15) is 24.1 Å². The maximum Gasteiger partial charge on any atom is 0.230 e. The third-order valence-corrected chi connectivity index (χ3v) is 6.75. The molecular weight excluding hydrogens is 429 g/mol. The van der Waals surface area contributed by atoms with Crippen molar-refractivity contribution in [2.45, 2.75) is 17.3 Å². The number of hydrogen-bond donors (Lipinski definition) is 1. The molecule has 4 nitrogen and oxygen atoms in total. The third kappa shape index (κ3) is 5.77. The number of nitrogens with zero attached hydrogens (tertiary/aromatic N) is 2. The van der Waals surface area contributed by atoms with E-state index in [9.17, 15) is 9.18 Å². The molecule has 0 fully saturated rings. The van der Waals surface area contributed by atoms with E-state index >= 15 is 0 Å². The van der Waals surface area contributed by atoms with Gasteiger partial charge in [-0.1, -0.05) is 54.2 Å². The standard InChI is InChI=1S/C24H20FN3OS2/c1-16(18-5-3-2-4-6-18)27-23(29)15-30-24-28-21-12-11-20(13-22(21)31-24)26-14-17-7-9-19(25)10-8-17/h2-14,16H,15H2,1H3,(H,27,29)/t16-/m0/s1. The molecule has 4 rings (SSSR count). The number of halogens is 1. The predicted molar refractivity (Wildman–Crippen MR) is 127 cm³/mol. The van der Waals surface area contributed by atoms with Crippen LogP contribution >= 0.6 is 23.1 Å². The van der Waals surface area contributed by atoms with Crippen LogP contribution in [0, 0.1) is 5.82 Å². The van der Waals surface area contributed by atoms with Crippen LogP contribution in [0.15, 0.2) is 82.1 Å². The number of thioether (sulfide) groups is 1. The van der Waals surface area contributed by atoms with Crippen LogP contribution in [0.4, 0.5) is 10.1 Å². The monoisotopic (exact) mass is 449 g/mol. The largest absolute Gasteiger partial charge is 0.349 e. The zero-order valence-electron chi connectivity index (χ0n) is 16.8. The van der Waals surface area contributed by atoms with Gasteiger partial charge in [0, 0.05) is 6.21 Å². The molecule has 1 aromatic heterocycles. The molecule has 7 heteroatoms. The predicted octanol–water partition coefficient (Wildman–Crippen LogP) is 6.16. The van der Waals surface area contributed by atoms with Gasteiger partial charge in [-0.3, -0.25) is 9.79 Å². The van der Waals surface area contributed by atoms with E-state index < -0.39 is 0 Å². The molecule has 1 heterocycles. The van der Waals surface area contributed by atoms with Gasteiger partial charge < -0.3 is 5.32 Å². The summed E-state index contributed by atoms with van der Waals surface area (Å²) in [6.07, 6.45) is 1.70. The van der Waals surface area contributed by atoms with Crippen LogP contribution in [0.25, 0.3) is 10.2 Å². The molecule has 0 aliphatic rings. The fraction of sp³-hybridized carbons (Fsp3) is 0.125. The lowest BCUT2D eigenvalue weighted by molar-refractivity contribution is -0.119. The highest BCUT2D eigenvalue weighted by Crippen LogP contribution is 2.32. The first-order valence-electron chi connectivity index (χ1n) is 9.74. The van der Waals surface area contributed by atoms with E-state index in [0.717, 1.165) is 31.4 Å². The highest BCUT2D eigenvalue weighted by Gasteiger charge is 2.11. The molecule has 156 valence electrons. The minimum atomic E-state index is -0.267. The highest BCUT2D eigenvalue weighted by atomic mass is 32.2. The van der Waals surface area contributed by atoms with Gasteiger partial charge in [-0.25, -0.2) is 9.37 Å². The van der Waals surface area contributed by atoms with Gasteiger partial charge in [0.15, 0.2) is 4.34 Å². The number of carbonyl (C=O) groups is 1. The Hall–Kier alpha value is -3.03. The summed E-state index contributed by atoms with van der Waals surface area (Å²) < 4.78 is 14.9. The zero-order chi connectivity index (χ0) is 21.6. The molecule has 0 aliphatic carbocycles. The molecule has 3 aromatic carbocycles. The SMILES string of the molecule is C[C@H](NC(=O)CSc1nc2ccc(N=Cc3ccc(F)cc3)cc2s1)c1ccccc1. The van der Waals surface area contributed by atoms with Crippen molar-refractivity contribution in [1.29, 1.82) is 0 Å². The molecule has 0 saturated heterocycles. The van der Waals surface area contributed by atoms with Gasteiger partial charge in [0.1, 0.15) is 5.82 Å². The highest BCUT2D eigenvalue weighted by molar-refractivity contribution is 8.01. The molecule has 1 N–H and O–H groups in total. The quantitative estimate of drug-likeness (QED) is 0.272. The van der Waals surface area contributed by atoms with E-state index in [1.54, 1.807) is 29.7 Å². The van der Waals surface area contributed by atoms with Gasteiger partial charge in [-0.15, -0.1) is 11.3 Å². The van der Waals surface area contributed by atoms with E-state index in [4.69, 9.17) is 0 Å². The molecule has 0 bridgehead atoms. The summed E-state index contributed by atoms with van der Waals surface area (Å²) in [4.78, 5) is 21.4. The first kappa shape index (κ1) is 21.2. The molecule has 31 heavy (non-hydrogen) atoms. The van der Waals surface area contributed by atoms with Gasteiger partial charge in [0.2, 0.25) is 5.91 Å². The van der Waals surface area contributed by atoms with E-state index in [0.29, 0.717) is 5.75 Å². The van der Waals surface area contributed by atoms with Crippen molar-refractivity contribution in [1.82, 2.24) is 10.3 Å². The molecule has 0 spiro atoms. The lowest BCUT2D eigenvalue weighted by Crippen LogP contribution is -2.28. The van der Waals surface area contributed by atoms with Crippen molar-refractivity contribution in [3.8, 4) is 0 Å². The summed E-state index contributed by atoms with van der Waals surface area (Å²) in [6, 6.07) is 21.8. The van der Waals surface area contributed by atoms with Crippen molar-refractivity contribution in [2.75, 3.05) is 5.75 Å². The summed E-state index contributed by atoms with van der Waals surface area (Å²) in [7, 11) is 0. The van der Waals surface area contributed by atoms with Crippen LogP contribution in [-0.4, -0.2) is 22.9 Å². The van der Waals surface area contributed by atoms with Crippen LogP contribution in [0.5, 0.6) is 0 Å². The van der Waals surface area contributed by atoms with Gasteiger partial charge in [0.05, 0.1) is 27.7 Å². The topological polar surface area (TPSA) is 54.4 Å². The number of carbonyl (C=O) groups excluding carboxylic acids is 1. The second-order valence-electron chi connectivity index (χ2n) is 6.93. The molecular formula is C24H20FN3OS2. The van der Waals surface area contributed by atoms with Crippen molar-refractivity contribution in [3.05, 3.63) is 89.7 Å². The first-order chi connectivity index (χ1) is 15.1. The van der Waals surface area contributed by atoms with Crippen molar-refractivity contribution < 1.29 is 9.18 Å². The van der Waals surface area contributed by atoms with E-state index in [1.165, 1.54) is 23.9 Å². The number of benzene rings is 3. The Balaban J connectivity index is 1.36. The third-order valence-electron chi connectivity index (χ3n) is 4.59. The number of fused-ring (bicyclic) bond motifs is 1. The van der Waals surface area contributed by atoms with Crippen molar-refractivity contribution >= 4 is 51.1 Å². The number of hydrogen-bond acceptors (Lipinski definition) is 5. The Morgan fingerprint density at radius 3 is 2.71 bits per heavy atom.